The first-order chi connectivity index (χ1) is 20.1. The van der Waals surface area contributed by atoms with E-state index in [-0.39, 0.29) is 47.6 Å². The molecule has 0 spiro atoms. The van der Waals surface area contributed by atoms with Gasteiger partial charge in [0.05, 0.1) is 17.7 Å². The summed E-state index contributed by atoms with van der Waals surface area (Å²) >= 11 is 0. The lowest BCUT2D eigenvalue weighted by Gasteiger charge is -2.34. The van der Waals surface area contributed by atoms with E-state index in [4.69, 9.17) is 15.5 Å². The predicted molar refractivity (Wildman–Crippen MR) is 146 cm³/mol. The monoisotopic (exact) mass is 580 g/mol. The number of amides is 2. The summed E-state index contributed by atoms with van der Waals surface area (Å²) in [7, 11) is 0. The van der Waals surface area contributed by atoms with Crippen LogP contribution in [0.4, 0.5) is 24.8 Å². The zero-order valence-corrected chi connectivity index (χ0v) is 22.6. The first kappa shape index (κ1) is 27.4. The van der Waals surface area contributed by atoms with Crippen LogP contribution in [0.25, 0.3) is 16.8 Å². The smallest absolute Gasteiger partial charge is 0.416 e. The maximum atomic E-state index is 13.1. The van der Waals surface area contributed by atoms with Gasteiger partial charge in [-0.05, 0) is 38.3 Å². The van der Waals surface area contributed by atoms with E-state index in [1.807, 2.05) is 9.30 Å². The van der Waals surface area contributed by atoms with Crippen molar-refractivity contribution in [3.05, 3.63) is 60.1 Å². The van der Waals surface area contributed by atoms with Crippen LogP contribution in [0.3, 0.4) is 0 Å². The van der Waals surface area contributed by atoms with Crippen molar-refractivity contribution in [2.24, 2.45) is 0 Å². The number of imidazole rings is 1. The number of hydrogen-bond donors (Lipinski definition) is 2. The molecule has 218 valence electrons. The summed E-state index contributed by atoms with van der Waals surface area (Å²) in [5.74, 6) is 0.336. The average molecular weight is 581 g/mol. The van der Waals surface area contributed by atoms with Crippen LogP contribution in [-0.2, 0) is 11.0 Å². The SMILES string of the molecule is CCOc1cc(C(=O)Nc2cc(C(F)(F)F)ccn2)ncc1-c1nc([C@@H]2CC[C@H]3CCC(=O)N3C2)n2ccnc(N)c12. The molecule has 2 atom stereocenters. The number of carbonyl (C=O) groups is 2. The normalized spacial score (nSPS) is 18.8. The Kier molecular flexibility index (Phi) is 6.91. The minimum Gasteiger partial charge on any atom is -0.493 e. The molecule has 4 aromatic rings. The molecule has 0 bridgehead atoms. The van der Waals surface area contributed by atoms with Crippen LogP contribution in [0.2, 0.25) is 0 Å². The van der Waals surface area contributed by atoms with Crippen LogP contribution in [0.15, 0.2) is 43.0 Å². The van der Waals surface area contributed by atoms with Gasteiger partial charge in [-0.25, -0.2) is 15.0 Å². The molecule has 2 aliphatic rings. The van der Waals surface area contributed by atoms with Crippen molar-refractivity contribution in [2.75, 3.05) is 24.2 Å². The van der Waals surface area contributed by atoms with E-state index in [1.165, 1.54) is 12.3 Å². The summed E-state index contributed by atoms with van der Waals surface area (Å²) in [5, 5.41) is 2.36. The number of nitrogens with zero attached hydrogens (tertiary/aromatic N) is 6. The van der Waals surface area contributed by atoms with Gasteiger partial charge < -0.3 is 20.7 Å². The molecule has 0 aromatic carbocycles. The molecule has 6 heterocycles. The second kappa shape index (κ2) is 10.6. The first-order valence-electron chi connectivity index (χ1n) is 13.5. The number of halogens is 3. The lowest BCUT2D eigenvalue weighted by atomic mass is 9.92. The average Bonchev–Trinajstić information content (AvgIpc) is 3.54. The Bertz CT molecular complexity index is 1690. The van der Waals surface area contributed by atoms with Crippen LogP contribution in [-0.4, -0.2) is 60.2 Å². The van der Waals surface area contributed by atoms with E-state index in [1.54, 1.807) is 19.3 Å². The summed E-state index contributed by atoms with van der Waals surface area (Å²) < 4.78 is 47.0. The van der Waals surface area contributed by atoms with Gasteiger partial charge in [-0.15, -0.1) is 0 Å². The number of nitrogen functional groups attached to an aromatic ring is 1. The number of alkyl halides is 3. The standard InChI is InChI=1S/C28H27F3N8O3/c1-2-42-20-12-19(27(41)36-21-11-16(7-8-33-21)28(29,30)31)35-13-18(20)23-24-25(32)34-9-10-38(24)26(37-23)15-3-4-17-5-6-22(40)39(17)14-15/h7-13,15,17H,2-6,14H2,1H3,(H2,32,34)(H,33,36,41)/t15-,17+/m1/s1. The second-order valence-corrected chi connectivity index (χ2v) is 10.2. The van der Waals surface area contributed by atoms with Crippen molar-refractivity contribution in [3.63, 3.8) is 0 Å². The van der Waals surface area contributed by atoms with Crippen molar-refractivity contribution < 1.29 is 27.5 Å². The summed E-state index contributed by atoms with van der Waals surface area (Å²) in [4.78, 5) is 44.7. The van der Waals surface area contributed by atoms with Gasteiger partial charge in [-0.1, -0.05) is 0 Å². The number of ether oxygens (including phenoxy) is 1. The number of rotatable bonds is 6. The third-order valence-electron chi connectivity index (χ3n) is 7.68. The number of pyridine rings is 2. The van der Waals surface area contributed by atoms with E-state index >= 15 is 0 Å². The molecule has 11 nitrogen and oxygen atoms in total. The first-order valence-corrected chi connectivity index (χ1v) is 13.5. The Morgan fingerprint density at radius 2 is 2.00 bits per heavy atom. The molecule has 4 aromatic heterocycles. The fourth-order valence-corrected chi connectivity index (χ4v) is 5.71. The molecule has 2 saturated heterocycles. The molecule has 14 heteroatoms. The molecule has 2 amide bonds. The number of anilines is 2. The van der Waals surface area contributed by atoms with Gasteiger partial charge >= 0.3 is 6.18 Å². The molecular weight excluding hydrogens is 553 g/mol. The highest BCUT2D eigenvalue weighted by atomic mass is 19.4. The van der Waals surface area contributed by atoms with Crippen LogP contribution >= 0.6 is 0 Å². The molecule has 0 saturated carbocycles. The van der Waals surface area contributed by atoms with E-state index in [0.717, 1.165) is 43.4 Å². The number of nitrogens with two attached hydrogens (primary N) is 1. The Labute approximate surface area is 237 Å². The fraction of sp³-hybridized carbons (Fsp3) is 0.357. The van der Waals surface area contributed by atoms with Crippen molar-refractivity contribution in [1.29, 1.82) is 0 Å². The number of aromatic nitrogens is 5. The highest BCUT2D eigenvalue weighted by Crippen LogP contribution is 2.40. The van der Waals surface area contributed by atoms with Gasteiger partial charge in [0.25, 0.3) is 5.91 Å². The topological polar surface area (TPSA) is 141 Å². The highest BCUT2D eigenvalue weighted by Gasteiger charge is 2.38. The quantitative estimate of drug-likeness (QED) is 0.344. The summed E-state index contributed by atoms with van der Waals surface area (Å²) in [6.07, 6.45) is 4.33. The Morgan fingerprint density at radius 3 is 2.79 bits per heavy atom. The molecule has 0 radical (unpaired) electrons. The van der Waals surface area contributed by atoms with Gasteiger partial charge in [0.1, 0.15) is 40.1 Å². The molecule has 2 fully saturated rings. The van der Waals surface area contributed by atoms with Crippen molar-refractivity contribution in [2.45, 2.75) is 50.7 Å². The van der Waals surface area contributed by atoms with Crippen LogP contribution in [0.5, 0.6) is 5.75 Å². The lowest BCUT2D eigenvalue weighted by molar-refractivity contribution is -0.137. The maximum absolute atomic E-state index is 13.1. The van der Waals surface area contributed by atoms with E-state index < -0.39 is 17.6 Å². The van der Waals surface area contributed by atoms with Gasteiger partial charge in [-0.3, -0.25) is 19.0 Å². The number of carbonyl (C=O) groups excluding carboxylic acids is 2. The minimum atomic E-state index is -4.59. The third kappa shape index (κ3) is 4.97. The number of piperidine rings is 1. The molecular formula is C28H27F3N8O3. The number of hydrogen-bond acceptors (Lipinski definition) is 8. The molecule has 3 N–H and O–H groups in total. The van der Waals surface area contributed by atoms with Crippen molar-refractivity contribution >= 4 is 29.0 Å². The number of nitrogens with one attached hydrogen (secondary N) is 1. The van der Waals surface area contributed by atoms with Crippen LogP contribution < -0.4 is 15.8 Å². The van der Waals surface area contributed by atoms with Gasteiger partial charge in [0.15, 0.2) is 0 Å². The maximum Gasteiger partial charge on any atom is 0.416 e. The summed E-state index contributed by atoms with van der Waals surface area (Å²) in [6, 6.07) is 3.22. The van der Waals surface area contributed by atoms with E-state index in [2.05, 4.69) is 20.3 Å². The predicted octanol–water partition coefficient (Wildman–Crippen LogP) is 4.31. The third-order valence-corrected chi connectivity index (χ3v) is 7.68. The number of fused-ring (bicyclic) bond motifs is 2. The van der Waals surface area contributed by atoms with Crippen molar-refractivity contribution in [1.82, 2.24) is 29.2 Å². The zero-order chi connectivity index (χ0) is 29.6. The second-order valence-electron chi connectivity index (χ2n) is 10.2. The van der Waals surface area contributed by atoms with Crippen LogP contribution in [0.1, 0.15) is 60.4 Å². The van der Waals surface area contributed by atoms with Crippen molar-refractivity contribution in [3.8, 4) is 17.0 Å². The fourth-order valence-electron chi connectivity index (χ4n) is 5.71. The molecule has 42 heavy (non-hydrogen) atoms. The van der Waals surface area contributed by atoms with Gasteiger partial charge in [0, 0.05) is 55.8 Å². The minimum absolute atomic E-state index is 0.0279. The Morgan fingerprint density at radius 1 is 1.17 bits per heavy atom. The molecule has 0 unspecified atom stereocenters. The molecule has 6 rings (SSSR count). The lowest BCUT2D eigenvalue weighted by Crippen LogP contribution is -2.41. The van der Waals surface area contributed by atoms with E-state index in [9.17, 15) is 22.8 Å². The van der Waals surface area contributed by atoms with Gasteiger partial charge in [-0.2, -0.15) is 13.2 Å². The summed E-state index contributed by atoms with van der Waals surface area (Å²) in [6.45, 7) is 2.58. The van der Waals surface area contributed by atoms with E-state index in [0.29, 0.717) is 29.7 Å². The Balaban J connectivity index is 1.36. The molecule has 2 aliphatic heterocycles. The van der Waals surface area contributed by atoms with Gasteiger partial charge in [0.2, 0.25) is 5.91 Å². The van der Waals surface area contributed by atoms with Crippen LogP contribution in [0, 0.1) is 0 Å². The highest BCUT2D eigenvalue weighted by molar-refractivity contribution is 6.03. The molecule has 0 aliphatic carbocycles. The summed E-state index contributed by atoms with van der Waals surface area (Å²) in [5.41, 5.74) is 6.74. The largest absolute Gasteiger partial charge is 0.493 e. The Hall–Kier alpha value is -4.75. The zero-order valence-electron chi connectivity index (χ0n) is 22.6.